The van der Waals surface area contributed by atoms with Crippen molar-refractivity contribution >= 4 is 17.4 Å². The van der Waals surface area contributed by atoms with Gasteiger partial charge in [-0.1, -0.05) is 48.0 Å². The lowest BCUT2D eigenvalue weighted by atomic mass is 9.94. The molecule has 152 valence electrons. The number of aryl methyl sites for hydroxylation is 1. The van der Waals surface area contributed by atoms with E-state index >= 15 is 0 Å². The zero-order valence-corrected chi connectivity index (χ0v) is 16.7. The van der Waals surface area contributed by atoms with Gasteiger partial charge in [0, 0.05) is 11.1 Å². The molecule has 0 aliphatic carbocycles. The van der Waals surface area contributed by atoms with Gasteiger partial charge in [0.15, 0.2) is 0 Å². The van der Waals surface area contributed by atoms with Crippen LogP contribution in [0.1, 0.15) is 28.5 Å². The lowest BCUT2D eigenvalue weighted by molar-refractivity contribution is -0.140. The molecule has 1 N–H and O–H groups in total. The molecule has 0 spiro atoms. The van der Waals surface area contributed by atoms with E-state index in [1.807, 2.05) is 19.1 Å². The summed E-state index contributed by atoms with van der Waals surface area (Å²) < 4.78 is 10.9. The van der Waals surface area contributed by atoms with Crippen molar-refractivity contribution < 1.29 is 23.8 Å². The molecule has 1 fully saturated rings. The normalized spacial score (nSPS) is 18.1. The summed E-state index contributed by atoms with van der Waals surface area (Å²) in [6.07, 6.45) is 1.51. The second-order valence-electron chi connectivity index (χ2n) is 7.11. The Bertz CT molecular complexity index is 1110. The number of Topliss-reactive ketones (excluding diaryl/α,β-unsaturated/α-hetero) is 1. The number of likely N-dealkylation sites (tertiary alicyclic amines) is 1. The van der Waals surface area contributed by atoms with Crippen molar-refractivity contribution in [3.8, 4) is 5.75 Å². The Morgan fingerprint density at radius 2 is 1.80 bits per heavy atom. The lowest BCUT2D eigenvalue weighted by Crippen LogP contribution is -2.29. The van der Waals surface area contributed by atoms with Crippen molar-refractivity contribution in [1.29, 1.82) is 0 Å². The number of aliphatic hydroxyl groups excluding tert-OH is 1. The fourth-order valence-corrected chi connectivity index (χ4v) is 3.70. The number of hydrogen-bond acceptors (Lipinski definition) is 5. The molecular formula is C24H21NO5. The van der Waals surface area contributed by atoms with Crippen LogP contribution >= 0.6 is 0 Å². The van der Waals surface area contributed by atoms with E-state index in [4.69, 9.17) is 9.15 Å². The molecule has 0 bridgehead atoms. The molecule has 1 aliphatic heterocycles. The third kappa shape index (κ3) is 3.37. The molecule has 0 saturated carbocycles. The van der Waals surface area contributed by atoms with E-state index in [0.717, 1.165) is 5.56 Å². The molecular weight excluding hydrogens is 382 g/mol. The largest absolute Gasteiger partial charge is 0.507 e. The molecule has 6 nitrogen and oxygen atoms in total. The monoisotopic (exact) mass is 403 g/mol. The van der Waals surface area contributed by atoms with Crippen LogP contribution in [0.3, 0.4) is 0 Å². The van der Waals surface area contributed by atoms with Crippen LogP contribution < -0.4 is 4.74 Å². The first-order chi connectivity index (χ1) is 14.5. The third-order valence-electron chi connectivity index (χ3n) is 5.20. The van der Waals surface area contributed by atoms with Gasteiger partial charge in [0.25, 0.3) is 11.7 Å². The van der Waals surface area contributed by atoms with Crippen molar-refractivity contribution in [2.75, 3.05) is 7.11 Å². The number of hydrogen-bond donors (Lipinski definition) is 1. The van der Waals surface area contributed by atoms with Gasteiger partial charge in [0.05, 0.1) is 31.5 Å². The highest BCUT2D eigenvalue weighted by Gasteiger charge is 2.47. The highest BCUT2D eigenvalue weighted by atomic mass is 16.5. The zero-order valence-electron chi connectivity index (χ0n) is 16.7. The predicted octanol–water partition coefficient (Wildman–Crippen LogP) is 4.22. The molecule has 4 rings (SSSR count). The Morgan fingerprint density at radius 1 is 1.07 bits per heavy atom. The molecule has 2 aromatic carbocycles. The van der Waals surface area contributed by atoms with Gasteiger partial charge in [-0.05, 0) is 25.1 Å². The van der Waals surface area contributed by atoms with E-state index in [2.05, 4.69) is 0 Å². The van der Waals surface area contributed by atoms with Crippen LogP contribution in [0.25, 0.3) is 5.76 Å². The molecule has 1 atom stereocenters. The van der Waals surface area contributed by atoms with Crippen LogP contribution in [0, 0.1) is 6.92 Å². The Balaban J connectivity index is 1.90. The summed E-state index contributed by atoms with van der Waals surface area (Å²) in [5.74, 6) is -0.603. The second-order valence-corrected chi connectivity index (χ2v) is 7.11. The Morgan fingerprint density at radius 3 is 2.47 bits per heavy atom. The number of para-hydroxylation sites is 1. The van der Waals surface area contributed by atoms with Gasteiger partial charge in [-0.3, -0.25) is 9.59 Å². The molecule has 0 radical (unpaired) electrons. The number of rotatable bonds is 5. The van der Waals surface area contributed by atoms with E-state index in [-0.39, 0.29) is 17.9 Å². The number of aliphatic hydroxyl groups is 1. The smallest absolute Gasteiger partial charge is 0.296 e. The molecule has 1 amide bonds. The van der Waals surface area contributed by atoms with Gasteiger partial charge in [-0.2, -0.15) is 0 Å². The van der Waals surface area contributed by atoms with Gasteiger partial charge < -0.3 is 19.2 Å². The quantitative estimate of drug-likeness (QED) is 0.392. The summed E-state index contributed by atoms with van der Waals surface area (Å²) in [5, 5.41) is 11.1. The summed E-state index contributed by atoms with van der Waals surface area (Å²) >= 11 is 0. The highest BCUT2D eigenvalue weighted by Crippen LogP contribution is 2.43. The van der Waals surface area contributed by atoms with E-state index in [1.54, 1.807) is 48.5 Å². The van der Waals surface area contributed by atoms with Crippen LogP contribution in [-0.2, 0) is 16.1 Å². The molecule has 1 saturated heterocycles. The van der Waals surface area contributed by atoms with Crippen molar-refractivity contribution in [2.24, 2.45) is 0 Å². The number of benzene rings is 2. The van der Waals surface area contributed by atoms with Gasteiger partial charge in [0.1, 0.15) is 17.3 Å². The third-order valence-corrected chi connectivity index (χ3v) is 5.20. The SMILES string of the molecule is COc1ccccc1[C@@H]1C(=C(O)c2ccc(C)cc2)C(=O)C(=O)N1Cc1ccco1. The van der Waals surface area contributed by atoms with Crippen molar-refractivity contribution in [3.63, 3.8) is 0 Å². The molecule has 1 aliphatic rings. The van der Waals surface area contributed by atoms with Crippen molar-refractivity contribution in [2.45, 2.75) is 19.5 Å². The maximum atomic E-state index is 13.0. The standard InChI is InChI=1S/C24H21NO5/c1-15-9-11-16(12-10-15)22(26)20-21(18-7-3-4-8-19(18)29-2)25(24(28)23(20)27)14-17-6-5-13-30-17/h3-13,21,26H,14H2,1-2H3/t21-/m1/s1. The van der Waals surface area contributed by atoms with E-state index < -0.39 is 17.7 Å². The lowest BCUT2D eigenvalue weighted by Gasteiger charge is -2.25. The van der Waals surface area contributed by atoms with Gasteiger partial charge in [-0.25, -0.2) is 0 Å². The van der Waals surface area contributed by atoms with Crippen LogP contribution in [0.4, 0.5) is 0 Å². The number of methoxy groups -OCH3 is 1. The van der Waals surface area contributed by atoms with E-state index in [1.165, 1.54) is 18.3 Å². The average molecular weight is 403 g/mol. The maximum absolute atomic E-state index is 13.0. The topological polar surface area (TPSA) is 80.0 Å². The first-order valence-electron chi connectivity index (χ1n) is 9.52. The fourth-order valence-electron chi connectivity index (χ4n) is 3.70. The Labute approximate surface area is 174 Å². The highest BCUT2D eigenvalue weighted by molar-refractivity contribution is 6.46. The minimum Gasteiger partial charge on any atom is -0.507 e. The van der Waals surface area contributed by atoms with Crippen molar-refractivity contribution in [3.05, 3.63) is 95.0 Å². The molecule has 3 aromatic rings. The van der Waals surface area contributed by atoms with Gasteiger partial charge in [-0.15, -0.1) is 0 Å². The molecule has 0 unspecified atom stereocenters. The maximum Gasteiger partial charge on any atom is 0.296 e. The number of ketones is 1. The fraction of sp³-hybridized carbons (Fsp3) is 0.167. The van der Waals surface area contributed by atoms with E-state index in [0.29, 0.717) is 22.6 Å². The molecule has 30 heavy (non-hydrogen) atoms. The predicted molar refractivity (Wildman–Crippen MR) is 111 cm³/mol. The minimum atomic E-state index is -0.812. The van der Waals surface area contributed by atoms with Crippen molar-refractivity contribution in [1.82, 2.24) is 4.90 Å². The van der Waals surface area contributed by atoms with Crippen LogP contribution in [0.15, 0.2) is 76.9 Å². The minimum absolute atomic E-state index is 0.0277. The van der Waals surface area contributed by atoms with E-state index in [9.17, 15) is 14.7 Å². The Hall–Kier alpha value is -3.80. The van der Waals surface area contributed by atoms with Crippen LogP contribution in [0.5, 0.6) is 5.75 Å². The summed E-state index contributed by atoms with van der Waals surface area (Å²) in [7, 11) is 1.53. The molecule has 1 aromatic heterocycles. The number of nitrogens with zero attached hydrogens (tertiary/aromatic N) is 1. The summed E-state index contributed by atoms with van der Waals surface area (Å²) in [5.41, 5.74) is 2.13. The number of carbonyl (C=O) groups excluding carboxylic acids is 2. The molecule has 2 heterocycles. The van der Waals surface area contributed by atoms with Gasteiger partial charge >= 0.3 is 0 Å². The Kier molecular flexibility index (Phi) is 5.14. The van der Waals surface area contributed by atoms with Crippen LogP contribution in [-0.4, -0.2) is 28.8 Å². The number of amides is 1. The van der Waals surface area contributed by atoms with Gasteiger partial charge in [0.2, 0.25) is 0 Å². The average Bonchev–Trinajstić information content (AvgIpc) is 3.36. The summed E-state index contributed by atoms with van der Waals surface area (Å²) in [6.45, 7) is 2.02. The summed E-state index contributed by atoms with van der Waals surface area (Å²) in [4.78, 5) is 27.4. The first-order valence-corrected chi connectivity index (χ1v) is 9.52. The second kappa shape index (κ2) is 7.91. The molecule has 6 heteroatoms. The number of ether oxygens (including phenoxy) is 1. The first kappa shape index (κ1) is 19.5. The zero-order chi connectivity index (χ0) is 21.3. The number of furan rings is 1. The number of carbonyl (C=O) groups is 2. The summed E-state index contributed by atoms with van der Waals surface area (Å²) in [6, 6.07) is 16.9. The van der Waals surface area contributed by atoms with Crippen LogP contribution in [0.2, 0.25) is 0 Å².